The van der Waals surface area contributed by atoms with Crippen LogP contribution in [-0.2, 0) is 20.8 Å². The second-order valence-electron chi connectivity index (χ2n) is 12.0. The van der Waals surface area contributed by atoms with Gasteiger partial charge in [-0.2, -0.15) is 0 Å². The molecule has 1 fully saturated rings. The monoisotopic (exact) mass is 589 g/mol. The van der Waals surface area contributed by atoms with Crippen molar-refractivity contribution in [3.8, 4) is 5.75 Å². The number of methoxy groups -OCH3 is 1. The summed E-state index contributed by atoms with van der Waals surface area (Å²) in [5.74, 6) is 0.238. The molecule has 4 N–H and O–H groups in total. The van der Waals surface area contributed by atoms with Crippen molar-refractivity contribution in [1.82, 2.24) is 25.5 Å². The van der Waals surface area contributed by atoms with Gasteiger partial charge in [-0.3, -0.25) is 14.4 Å². The Morgan fingerprint density at radius 3 is 2.53 bits per heavy atom. The largest absolute Gasteiger partial charge is 0.494 e. The van der Waals surface area contributed by atoms with Crippen molar-refractivity contribution in [3.63, 3.8) is 0 Å². The SMILES string of the molecule is CN[C@@H](C)C(=O)N[C@H](C(=O)N1CCC[C@H]1C(=O)Nc1cc2c(NCCc3ccccc3)ncnc2cc1OC)C(C)(C)C. The van der Waals surface area contributed by atoms with Gasteiger partial charge in [0.05, 0.1) is 24.4 Å². The van der Waals surface area contributed by atoms with E-state index < -0.39 is 23.5 Å². The van der Waals surface area contributed by atoms with Gasteiger partial charge < -0.3 is 30.9 Å². The fraction of sp³-hybridized carbons (Fsp3) is 0.469. The van der Waals surface area contributed by atoms with Crippen LogP contribution in [0.5, 0.6) is 5.75 Å². The van der Waals surface area contributed by atoms with E-state index in [1.54, 1.807) is 31.0 Å². The van der Waals surface area contributed by atoms with Gasteiger partial charge in [0.1, 0.15) is 30.0 Å². The van der Waals surface area contributed by atoms with Crippen LogP contribution in [0.3, 0.4) is 0 Å². The van der Waals surface area contributed by atoms with Crippen molar-refractivity contribution in [3.05, 3.63) is 54.4 Å². The highest BCUT2D eigenvalue weighted by Crippen LogP contribution is 2.33. The lowest BCUT2D eigenvalue weighted by Crippen LogP contribution is -2.59. The third-order valence-corrected chi connectivity index (χ3v) is 7.83. The lowest BCUT2D eigenvalue weighted by molar-refractivity contribution is -0.143. The molecule has 4 rings (SSSR count). The molecule has 43 heavy (non-hydrogen) atoms. The number of anilines is 2. The van der Waals surface area contributed by atoms with Crippen LogP contribution in [-0.4, -0.2) is 78.0 Å². The highest BCUT2D eigenvalue weighted by Gasteiger charge is 2.42. The standard InChI is InChI=1S/C32H43N7O4/c1-20(33-5)29(40)38-27(32(2,3)4)31(42)39-16-10-13-25(39)30(41)37-24-17-22-23(18-26(24)43-6)35-19-36-28(22)34-15-14-21-11-8-7-9-12-21/h7-9,11-12,17-20,25,27,33H,10,13-16H2,1-6H3,(H,37,41)(H,38,40)(H,34,35,36)/t20-,25-,27+/m0/s1. The number of carbonyl (C=O) groups excluding carboxylic acids is 3. The minimum atomic E-state index is -0.791. The molecule has 11 heteroatoms. The first kappa shape index (κ1) is 31.7. The quantitative estimate of drug-likeness (QED) is 0.267. The second-order valence-corrected chi connectivity index (χ2v) is 12.0. The van der Waals surface area contributed by atoms with E-state index in [1.165, 1.54) is 19.0 Å². The minimum absolute atomic E-state index is 0.271. The molecular weight excluding hydrogens is 546 g/mol. The molecule has 0 spiro atoms. The van der Waals surface area contributed by atoms with Gasteiger partial charge in [-0.15, -0.1) is 0 Å². The van der Waals surface area contributed by atoms with Crippen LogP contribution in [0.15, 0.2) is 48.8 Å². The molecule has 1 aromatic heterocycles. The molecule has 3 aromatic rings. The number of ether oxygens (including phenoxy) is 1. The highest BCUT2D eigenvalue weighted by atomic mass is 16.5. The third kappa shape index (κ3) is 7.59. The van der Waals surface area contributed by atoms with Gasteiger partial charge >= 0.3 is 0 Å². The Morgan fingerprint density at radius 2 is 1.86 bits per heavy atom. The summed E-state index contributed by atoms with van der Waals surface area (Å²) in [6.07, 6.45) is 3.51. The molecule has 2 heterocycles. The number of likely N-dealkylation sites (tertiary alicyclic amines) is 1. The third-order valence-electron chi connectivity index (χ3n) is 7.83. The number of nitrogens with zero attached hydrogens (tertiary/aromatic N) is 3. The van der Waals surface area contributed by atoms with Crippen LogP contribution >= 0.6 is 0 Å². The van der Waals surface area contributed by atoms with Gasteiger partial charge in [-0.1, -0.05) is 51.1 Å². The Morgan fingerprint density at radius 1 is 1.12 bits per heavy atom. The number of carbonyl (C=O) groups is 3. The Kier molecular flexibility index (Phi) is 10.2. The van der Waals surface area contributed by atoms with E-state index in [0.717, 1.165) is 11.8 Å². The average molecular weight is 590 g/mol. The molecule has 0 saturated carbocycles. The van der Waals surface area contributed by atoms with Gasteiger partial charge in [0.15, 0.2) is 0 Å². The van der Waals surface area contributed by atoms with Gasteiger partial charge in [-0.25, -0.2) is 9.97 Å². The van der Waals surface area contributed by atoms with Crippen molar-refractivity contribution in [1.29, 1.82) is 0 Å². The number of hydrogen-bond donors (Lipinski definition) is 4. The van der Waals surface area contributed by atoms with Crippen molar-refractivity contribution in [2.75, 3.05) is 37.9 Å². The molecule has 230 valence electrons. The summed E-state index contributed by atoms with van der Waals surface area (Å²) in [5.41, 5.74) is 1.78. The molecule has 1 aliphatic rings. The lowest BCUT2D eigenvalue weighted by Gasteiger charge is -2.36. The van der Waals surface area contributed by atoms with Crippen molar-refractivity contribution < 1.29 is 19.1 Å². The molecule has 1 saturated heterocycles. The van der Waals surface area contributed by atoms with E-state index in [4.69, 9.17) is 4.74 Å². The highest BCUT2D eigenvalue weighted by molar-refractivity contribution is 6.02. The van der Waals surface area contributed by atoms with E-state index in [9.17, 15) is 14.4 Å². The number of aromatic nitrogens is 2. The first-order valence-electron chi connectivity index (χ1n) is 14.7. The van der Waals surface area contributed by atoms with Crippen LogP contribution < -0.4 is 26.0 Å². The van der Waals surface area contributed by atoms with Crippen LogP contribution in [0.4, 0.5) is 11.5 Å². The summed E-state index contributed by atoms with van der Waals surface area (Å²) < 4.78 is 5.60. The molecule has 2 aromatic carbocycles. The maximum atomic E-state index is 13.8. The summed E-state index contributed by atoms with van der Waals surface area (Å²) in [4.78, 5) is 50.6. The normalized spacial score (nSPS) is 16.4. The molecule has 3 atom stereocenters. The maximum absolute atomic E-state index is 13.8. The summed E-state index contributed by atoms with van der Waals surface area (Å²) in [6.45, 7) is 8.54. The molecule has 1 aliphatic heterocycles. The fourth-order valence-electron chi connectivity index (χ4n) is 5.19. The number of benzene rings is 2. The topological polar surface area (TPSA) is 138 Å². The first-order valence-corrected chi connectivity index (χ1v) is 14.7. The Balaban J connectivity index is 1.54. The zero-order valence-corrected chi connectivity index (χ0v) is 25.9. The molecule has 0 radical (unpaired) electrons. The van der Waals surface area contributed by atoms with E-state index >= 15 is 0 Å². The van der Waals surface area contributed by atoms with Crippen LogP contribution in [0.25, 0.3) is 10.9 Å². The van der Waals surface area contributed by atoms with Crippen LogP contribution in [0, 0.1) is 5.41 Å². The predicted molar refractivity (Wildman–Crippen MR) is 168 cm³/mol. The minimum Gasteiger partial charge on any atom is -0.494 e. The van der Waals surface area contributed by atoms with E-state index in [2.05, 4.69) is 43.4 Å². The number of amides is 3. The molecule has 3 amide bonds. The molecule has 11 nitrogen and oxygen atoms in total. The Hall–Kier alpha value is -4.25. The molecule has 0 unspecified atom stereocenters. The number of likely N-dealkylation sites (N-methyl/N-ethyl adjacent to an activating group) is 1. The zero-order valence-electron chi connectivity index (χ0n) is 25.9. The summed E-state index contributed by atoms with van der Waals surface area (Å²) >= 11 is 0. The molecule has 0 aliphatic carbocycles. The van der Waals surface area contributed by atoms with E-state index in [-0.39, 0.29) is 17.7 Å². The van der Waals surface area contributed by atoms with E-state index in [1.807, 2.05) is 39.0 Å². The van der Waals surface area contributed by atoms with Gasteiger partial charge in [0.2, 0.25) is 17.7 Å². The number of rotatable bonds is 11. The first-order chi connectivity index (χ1) is 20.5. The van der Waals surface area contributed by atoms with Crippen molar-refractivity contribution in [2.24, 2.45) is 5.41 Å². The van der Waals surface area contributed by atoms with Crippen LogP contribution in [0.2, 0.25) is 0 Å². The predicted octanol–water partition coefficient (Wildman–Crippen LogP) is 3.36. The van der Waals surface area contributed by atoms with Gasteiger partial charge in [0, 0.05) is 24.5 Å². The average Bonchev–Trinajstić information content (AvgIpc) is 3.49. The van der Waals surface area contributed by atoms with Crippen molar-refractivity contribution >= 4 is 40.1 Å². The summed E-state index contributed by atoms with van der Waals surface area (Å²) in [7, 11) is 3.22. The fourth-order valence-corrected chi connectivity index (χ4v) is 5.19. The molecular formula is C32H43N7O4. The maximum Gasteiger partial charge on any atom is 0.247 e. The lowest BCUT2D eigenvalue weighted by atomic mass is 9.85. The van der Waals surface area contributed by atoms with Crippen molar-refractivity contribution in [2.45, 2.75) is 65.1 Å². The number of hydrogen-bond acceptors (Lipinski definition) is 8. The smallest absolute Gasteiger partial charge is 0.247 e. The number of nitrogens with one attached hydrogen (secondary N) is 4. The summed E-state index contributed by atoms with van der Waals surface area (Å²) in [6, 6.07) is 11.8. The zero-order chi connectivity index (χ0) is 31.1. The molecule has 0 bridgehead atoms. The van der Waals surface area contributed by atoms with E-state index in [0.29, 0.717) is 48.7 Å². The number of fused-ring (bicyclic) bond motifs is 1. The van der Waals surface area contributed by atoms with Gasteiger partial charge in [-0.05, 0) is 50.3 Å². The van der Waals surface area contributed by atoms with Gasteiger partial charge in [0.25, 0.3) is 0 Å². The Bertz CT molecular complexity index is 1440. The summed E-state index contributed by atoms with van der Waals surface area (Å²) in [5, 5.41) is 12.9. The second kappa shape index (κ2) is 13.8. The van der Waals surface area contributed by atoms with Crippen LogP contribution in [0.1, 0.15) is 46.1 Å². The Labute approximate surface area is 253 Å².